The van der Waals surface area contributed by atoms with Crippen LogP contribution < -0.4 is 19.5 Å². The van der Waals surface area contributed by atoms with E-state index in [4.69, 9.17) is 23.9 Å². The molecule has 0 aliphatic carbocycles. The van der Waals surface area contributed by atoms with Crippen molar-refractivity contribution in [1.29, 1.82) is 0 Å². The highest BCUT2D eigenvalue weighted by atomic mass is 32.1. The zero-order valence-corrected chi connectivity index (χ0v) is 23.7. The van der Waals surface area contributed by atoms with Gasteiger partial charge in [0.05, 0.1) is 31.2 Å². The molecule has 39 heavy (non-hydrogen) atoms. The number of ether oxygens (including phenoxy) is 4. The van der Waals surface area contributed by atoms with Gasteiger partial charge in [0.25, 0.3) is 5.91 Å². The molecule has 1 N–H and O–H groups in total. The van der Waals surface area contributed by atoms with E-state index < -0.39 is 0 Å². The Balaban J connectivity index is 1.53. The Kier molecular flexibility index (Phi) is 9.99. The highest BCUT2D eigenvalue weighted by Crippen LogP contribution is 2.29. The van der Waals surface area contributed by atoms with Crippen molar-refractivity contribution in [2.24, 2.45) is 0 Å². The van der Waals surface area contributed by atoms with Gasteiger partial charge in [0, 0.05) is 37.9 Å². The highest BCUT2D eigenvalue weighted by molar-refractivity contribution is 7.09. The summed E-state index contributed by atoms with van der Waals surface area (Å²) in [7, 11) is 4.96. The van der Waals surface area contributed by atoms with Gasteiger partial charge in [-0.3, -0.25) is 4.79 Å². The van der Waals surface area contributed by atoms with Gasteiger partial charge < -0.3 is 28.8 Å². The fourth-order valence-corrected chi connectivity index (χ4v) is 4.93. The highest BCUT2D eigenvalue weighted by Gasteiger charge is 2.20. The molecule has 4 rings (SSSR count). The van der Waals surface area contributed by atoms with Crippen LogP contribution >= 0.6 is 11.3 Å². The van der Waals surface area contributed by atoms with Crippen molar-refractivity contribution in [3.63, 3.8) is 0 Å². The summed E-state index contributed by atoms with van der Waals surface area (Å²) in [5.74, 6) is 2.27. The topological polar surface area (TPSA) is 83.8 Å². The zero-order valence-electron chi connectivity index (χ0n) is 22.9. The summed E-state index contributed by atoms with van der Waals surface area (Å²) in [4.78, 5) is 17.9. The molecule has 0 atom stereocenters. The van der Waals surface area contributed by atoms with Crippen LogP contribution in [0.2, 0.25) is 0 Å². The number of benzene rings is 2. The first kappa shape index (κ1) is 28.2. The summed E-state index contributed by atoms with van der Waals surface area (Å²) in [5.41, 5.74) is 4.49. The molecule has 0 aliphatic heterocycles. The maximum absolute atomic E-state index is 13.1. The molecule has 2 heterocycles. The van der Waals surface area contributed by atoms with Gasteiger partial charge in [0.1, 0.15) is 28.9 Å². The third-order valence-corrected chi connectivity index (χ3v) is 7.26. The van der Waals surface area contributed by atoms with Crippen LogP contribution in [-0.4, -0.2) is 49.9 Å². The second-order valence-electron chi connectivity index (χ2n) is 8.97. The van der Waals surface area contributed by atoms with Gasteiger partial charge in [-0.05, 0) is 67.8 Å². The van der Waals surface area contributed by atoms with Crippen molar-refractivity contribution >= 4 is 17.2 Å². The van der Waals surface area contributed by atoms with Crippen LogP contribution in [0.4, 0.5) is 0 Å². The van der Waals surface area contributed by atoms with Crippen molar-refractivity contribution in [1.82, 2.24) is 14.9 Å². The predicted octanol–water partition coefficient (Wildman–Crippen LogP) is 5.53. The van der Waals surface area contributed by atoms with Crippen LogP contribution in [0.3, 0.4) is 0 Å². The molecule has 4 aromatic rings. The number of aryl methyl sites for hydroxylation is 1. The van der Waals surface area contributed by atoms with Gasteiger partial charge in [0.2, 0.25) is 0 Å². The Morgan fingerprint density at radius 1 is 0.974 bits per heavy atom. The molecule has 8 nitrogen and oxygen atoms in total. The fraction of sp³-hybridized carbons (Fsp3) is 0.333. The monoisotopic (exact) mass is 549 g/mol. The Bertz CT molecular complexity index is 1350. The van der Waals surface area contributed by atoms with Gasteiger partial charge >= 0.3 is 0 Å². The second kappa shape index (κ2) is 13.8. The minimum atomic E-state index is -0.0913. The second-order valence-corrected chi connectivity index (χ2v) is 9.91. The summed E-state index contributed by atoms with van der Waals surface area (Å²) in [6, 6.07) is 17.5. The van der Waals surface area contributed by atoms with E-state index in [1.54, 1.807) is 21.3 Å². The molecule has 206 valence electrons. The lowest BCUT2D eigenvalue weighted by atomic mass is 10.1. The third kappa shape index (κ3) is 7.40. The van der Waals surface area contributed by atoms with E-state index in [-0.39, 0.29) is 5.91 Å². The molecule has 0 bridgehead atoms. The smallest absolute Gasteiger partial charge is 0.253 e. The number of carbonyl (C=O) groups is 1. The number of carbonyl (C=O) groups excluding carboxylic acids is 1. The number of thiazole rings is 1. The molecular formula is C30H35N3O5S. The maximum Gasteiger partial charge on any atom is 0.253 e. The molecule has 0 unspecified atom stereocenters. The lowest BCUT2D eigenvalue weighted by Gasteiger charge is -2.12. The van der Waals surface area contributed by atoms with Crippen molar-refractivity contribution in [2.45, 2.75) is 32.9 Å². The van der Waals surface area contributed by atoms with Gasteiger partial charge in [-0.2, -0.15) is 0 Å². The lowest BCUT2D eigenvalue weighted by Crippen LogP contribution is -2.25. The fourth-order valence-electron chi connectivity index (χ4n) is 4.23. The van der Waals surface area contributed by atoms with Gasteiger partial charge in [-0.25, -0.2) is 4.98 Å². The van der Waals surface area contributed by atoms with Gasteiger partial charge in [-0.1, -0.05) is 12.1 Å². The van der Waals surface area contributed by atoms with Crippen LogP contribution in [0, 0.1) is 6.92 Å². The Hall–Kier alpha value is -3.82. The SMILES string of the molecule is COCCCNC(=O)c1cc(-c2csc(COc3ccc(OC)cc3)n2)n(CCc2ccc(OC)cc2)c1C. The zero-order chi connectivity index (χ0) is 27.6. The van der Waals surface area contributed by atoms with Crippen molar-refractivity contribution < 1.29 is 23.7 Å². The third-order valence-electron chi connectivity index (χ3n) is 6.44. The van der Waals surface area contributed by atoms with E-state index in [9.17, 15) is 4.79 Å². The molecular weight excluding hydrogens is 514 g/mol. The number of hydrogen-bond acceptors (Lipinski definition) is 7. The van der Waals surface area contributed by atoms with Crippen LogP contribution in [0.1, 0.15) is 33.0 Å². The average molecular weight is 550 g/mol. The van der Waals surface area contributed by atoms with Crippen molar-refractivity contribution in [3.8, 4) is 28.6 Å². The molecule has 0 radical (unpaired) electrons. The van der Waals surface area contributed by atoms with E-state index in [1.807, 2.05) is 54.8 Å². The average Bonchev–Trinajstić information content (AvgIpc) is 3.57. The number of methoxy groups -OCH3 is 3. The first-order valence-corrected chi connectivity index (χ1v) is 13.7. The molecule has 0 saturated carbocycles. The summed E-state index contributed by atoms with van der Waals surface area (Å²) in [5, 5.41) is 5.89. The van der Waals surface area contributed by atoms with Crippen molar-refractivity contribution in [3.05, 3.63) is 81.8 Å². The standard InChI is InChI=1S/C30H35N3O5S/c1-21-26(30(34)31-15-5-17-35-2)18-28(33(21)16-14-22-6-8-23(36-3)9-7-22)27-20-39-29(32-27)19-38-25-12-10-24(37-4)11-13-25/h6-13,18,20H,5,14-17,19H2,1-4H3,(H,31,34). The van der Waals surface area contributed by atoms with Crippen LogP contribution in [-0.2, 0) is 24.3 Å². The normalized spacial score (nSPS) is 10.9. The van der Waals surface area contributed by atoms with E-state index in [0.717, 1.165) is 52.2 Å². The minimum Gasteiger partial charge on any atom is -0.497 e. The van der Waals surface area contributed by atoms with E-state index in [2.05, 4.69) is 22.0 Å². The summed E-state index contributed by atoms with van der Waals surface area (Å²) in [6.45, 7) is 4.21. The molecule has 0 saturated heterocycles. The molecule has 2 aromatic carbocycles. The van der Waals surface area contributed by atoms with E-state index in [1.165, 1.54) is 16.9 Å². The molecule has 2 aromatic heterocycles. The van der Waals surface area contributed by atoms with E-state index >= 15 is 0 Å². The Labute approximate surface area is 233 Å². The number of nitrogens with one attached hydrogen (secondary N) is 1. The molecule has 0 fully saturated rings. The quantitative estimate of drug-likeness (QED) is 0.208. The van der Waals surface area contributed by atoms with Crippen LogP contribution in [0.15, 0.2) is 60.0 Å². The Morgan fingerprint density at radius 3 is 2.31 bits per heavy atom. The summed E-state index contributed by atoms with van der Waals surface area (Å²) >= 11 is 1.54. The number of nitrogens with zero attached hydrogens (tertiary/aromatic N) is 2. The first-order valence-electron chi connectivity index (χ1n) is 12.8. The van der Waals surface area contributed by atoms with Crippen LogP contribution in [0.25, 0.3) is 11.4 Å². The first-order chi connectivity index (χ1) is 19.0. The Morgan fingerprint density at radius 2 is 1.64 bits per heavy atom. The van der Waals surface area contributed by atoms with Crippen molar-refractivity contribution in [2.75, 3.05) is 34.5 Å². The minimum absolute atomic E-state index is 0.0913. The summed E-state index contributed by atoms with van der Waals surface area (Å²) < 4.78 is 23.7. The maximum atomic E-state index is 13.1. The molecule has 0 spiro atoms. The number of amides is 1. The number of hydrogen-bond donors (Lipinski definition) is 1. The van der Waals surface area contributed by atoms with Gasteiger partial charge in [-0.15, -0.1) is 11.3 Å². The lowest BCUT2D eigenvalue weighted by molar-refractivity contribution is 0.0948. The predicted molar refractivity (Wildman–Crippen MR) is 153 cm³/mol. The largest absolute Gasteiger partial charge is 0.497 e. The number of aromatic nitrogens is 2. The number of rotatable bonds is 14. The molecule has 1 amide bonds. The summed E-state index contributed by atoms with van der Waals surface area (Å²) in [6.07, 6.45) is 1.56. The van der Waals surface area contributed by atoms with E-state index in [0.29, 0.717) is 31.9 Å². The molecule has 0 aliphatic rings. The van der Waals surface area contributed by atoms with Gasteiger partial charge in [0.15, 0.2) is 0 Å². The molecule has 9 heteroatoms. The van der Waals surface area contributed by atoms with Crippen LogP contribution in [0.5, 0.6) is 17.2 Å².